The molecule has 0 aromatic heterocycles. The molecule has 4 aliphatic carbocycles. The number of hydrogen-bond acceptors (Lipinski definition) is 3. The molecule has 1 N–H and O–H groups in total. The number of carbonyl (C=O) groups is 2. The number of ether oxygens (including phenoxy) is 1. The molecule has 0 radical (unpaired) electrons. The summed E-state index contributed by atoms with van der Waals surface area (Å²) in [5, 5.41) is 3.15. The number of hydrogen-bond donors (Lipinski definition) is 1. The molecule has 0 bridgehead atoms. The van der Waals surface area contributed by atoms with Crippen LogP contribution in [0.1, 0.15) is 71.6 Å². The van der Waals surface area contributed by atoms with Crippen LogP contribution in [0.25, 0.3) is 0 Å². The van der Waals surface area contributed by atoms with Crippen LogP contribution in [0.15, 0.2) is 0 Å². The fourth-order valence-corrected chi connectivity index (χ4v) is 6.99. The minimum Gasteiger partial charge on any atom is -0.374 e. The fraction of sp³-hybridized carbons (Fsp3) is 0.905. The zero-order valence-corrected chi connectivity index (χ0v) is 15.6. The molecule has 0 aromatic carbocycles. The highest BCUT2D eigenvalue weighted by molar-refractivity contribution is 5.86. The topological polar surface area (TPSA) is 55.4 Å². The van der Waals surface area contributed by atoms with Crippen molar-refractivity contribution in [2.75, 3.05) is 0 Å². The van der Waals surface area contributed by atoms with E-state index >= 15 is 0 Å². The van der Waals surface area contributed by atoms with Crippen LogP contribution >= 0.6 is 0 Å². The number of carbonyl (C=O) groups excluding carboxylic acids is 2. The van der Waals surface area contributed by atoms with Crippen LogP contribution in [0.5, 0.6) is 0 Å². The molecule has 4 heteroatoms. The molecule has 1 amide bonds. The summed E-state index contributed by atoms with van der Waals surface area (Å²) in [6.45, 7) is 4.75. The van der Waals surface area contributed by atoms with Crippen molar-refractivity contribution in [1.29, 1.82) is 0 Å². The van der Waals surface area contributed by atoms with Crippen LogP contribution in [-0.2, 0) is 14.3 Å². The molecule has 1 heterocycles. The quantitative estimate of drug-likeness (QED) is 0.836. The van der Waals surface area contributed by atoms with Gasteiger partial charge in [0.05, 0.1) is 12.2 Å². The van der Waals surface area contributed by atoms with E-state index < -0.39 is 0 Å². The van der Waals surface area contributed by atoms with Gasteiger partial charge in [-0.3, -0.25) is 9.59 Å². The SMILES string of the molecule is C[C@]12CCC(=O)N[C@@H]1CC(=O)[C@@H]1[C@@H]2CC[C@]2(C)[C@@H](OC3CC3)CC[C@@H]12. The summed E-state index contributed by atoms with van der Waals surface area (Å²) in [6, 6.07) is 0.0618. The Morgan fingerprint density at radius 2 is 1.72 bits per heavy atom. The first kappa shape index (κ1) is 16.3. The lowest BCUT2D eigenvalue weighted by molar-refractivity contribution is -0.158. The van der Waals surface area contributed by atoms with E-state index in [1.165, 1.54) is 19.3 Å². The van der Waals surface area contributed by atoms with Crippen LogP contribution in [0, 0.1) is 28.6 Å². The van der Waals surface area contributed by atoms with Gasteiger partial charge in [0.25, 0.3) is 0 Å². The summed E-state index contributed by atoms with van der Waals surface area (Å²) in [6.07, 6.45) is 10.00. The van der Waals surface area contributed by atoms with Crippen molar-refractivity contribution in [2.45, 2.75) is 89.9 Å². The lowest BCUT2D eigenvalue weighted by atomic mass is 9.47. The monoisotopic (exact) mass is 345 g/mol. The van der Waals surface area contributed by atoms with Gasteiger partial charge in [0.2, 0.25) is 5.91 Å². The second-order valence-corrected chi connectivity index (χ2v) is 9.98. The summed E-state index contributed by atoms with van der Waals surface area (Å²) < 4.78 is 6.39. The average molecular weight is 345 g/mol. The Morgan fingerprint density at radius 3 is 2.48 bits per heavy atom. The third-order valence-electron chi connectivity index (χ3n) is 8.71. The van der Waals surface area contributed by atoms with Crippen LogP contribution in [0.4, 0.5) is 0 Å². The molecule has 5 rings (SSSR count). The first-order valence-corrected chi connectivity index (χ1v) is 10.4. The summed E-state index contributed by atoms with van der Waals surface area (Å²) in [5.74, 6) is 1.67. The van der Waals surface area contributed by atoms with Crippen LogP contribution in [0.3, 0.4) is 0 Å². The first-order valence-electron chi connectivity index (χ1n) is 10.4. The minimum absolute atomic E-state index is 0.0618. The predicted octanol–water partition coefficient (Wildman–Crippen LogP) is 3.23. The molecule has 0 aromatic rings. The Balaban J connectivity index is 1.44. The number of rotatable bonds is 2. The highest BCUT2D eigenvalue weighted by Gasteiger charge is 2.63. The summed E-state index contributed by atoms with van der Waals surface area (Å²) >= 11 is 0. The second-order valence-electron chi connectivity index (χ2n) is 9.98. The largest absolute Gasteiger partial charge is 0.374 e. The highest BCUT2D eigenvalue weighted by atomic mass is 16.5. The van der Waals surface area contributed by atoms with Gasteiger partial charge in [-0.25, -0.2) is 0 Å². The van der Waals surface area contributed by atoms with Crippen molar-refractivity contribution >= 4 is 11.7 Å². The van der Waals surface area contributed by atoms with Gasteiger partial charge in [0.15, 0.2) is 0 Å². The third-order valence-corrected chi connectivity index (χ3v) is 8.71. The molecule has 7 atom stereocenters. The molecule has 1 aliphatic heterocycles. The highest BCUT2D eigenvalue weighted by Crippen LogP contribution is 2.64. The number of nitrogens with one attached hydrogen (secondary N) is 1. The molecule has 1 saturated heterocycles. The summed E-state index contributed by atoms with van der Waals surface area (Å²) in [7, 11) is 0. The molecule has 0 spiro atoms. The Morgan fingerprint density at radius 1 is 0.960 bits per heavy atom. The maximum Gasteiger partial charge on any atom is 0.220 e. The van der Waals surface area contributed by atoms with E-state index in [1.807, 2.05) is 0 Å². The van der Waals surface area contributed by atoms with Crippen LogP contribution < -0.4 is 5.32 Å². The number of piperidine rings is 1. The van der Waals surface area contributed by atoms with E-state index in [0.29, 0.717) is 42.7 Å². The molecule has 5 fully saturated rings. The first-order chi connectivity index (χ1) is 11.9. The summed E-state index contributed by atoms with van der Waals surface area (Å²) in [5.41, 5.74) is 0.282. The van der Waals surface area contributed by atoms with Gasteiger partial charge in [-0.15, -0.1) is 0 Å². The predicted molar refractivity (Wildman–Crippen MR) is 93.8 cm³/mol. The zero-order chi connectivity index (χ0) is 17.4. The van der Waals surface area contributed by atoms with Crippen molar-refractivity contribution in [2.24, 2.45) is 28.6 Å². The number of Topliss-reactive ketones (excluding diaryl/α,β-unsaturated/α-hetero) is 1. The van der Waals surface area contributed by atoms with Crippen LogP contribution in [0.2, 0.25) is 0 Å². The van der Waals surface area contributed by atoms with E-state index in [4.69, 9.17) is 4.74 Å². The summed E-state index contributed by atoms with van der Waals surface area (Å²) in [4.78, 5) is 25.0. The molecule has 5 aliphatic rings. The number of fused-ring (bicyclic) bond motifs is 5. The van der Waals surface area contributed by atoms with E-state index in [0.717, 1.165) is 25.7 Å². The smallest absolute Gasteiger partial charge is 0.220 e. The normalized spacial score (nSPS) is 52.2. The van der Waals surface area contributed by atoms with Gasteiger partial charge in [0.1, 0.15) is 5.78 Å². The maximum absolute atomic E-state index is 13.2. The number of ketones is 1. The van der Waals surface area contributed by atoms with Gasteiger partial charge in [-0.05, 0) is 67.6 Å². The Kier molecular flexibility index (Phi) is 3.46. The average Bonchev–Trinajstić information content (AvgIpc) is 3.32. The zero-order valence-electron chi connectivity index (χ0n) is 15.6. The molecule has 138 valence electrons. The molecular weight excluding hydrogens is 314 g/mol. The van der Waals surface area contributed by atoms with E-state index in [9.17, 15) is 9.59 Å². The molecule has 4 saturated carbocycles. The standard InChI is InChI=1S/C21H31NO3/c1-20-10-8-18(24)22-16(20)11-15(23)19-13-5-6-17(25-12-3-4-12)21(13,2)9-7-14(19)20/h12-14,16-17,19H,3-11H2,1-2H3,(H,22,24)/t13-,14-,16+,17-,19-,20+,21-/m0/s1. The van der Waals surface area contributed by atoms with Gasteiger partial charge in [-0.2, -0.15) is 0 Å². The van der Waals surface area contributed by atoms with Crippen LogP contribution in [-0.4, -0.2) is 29.9 Å². The van der Waals surface area contributed by atoms with Gasteiger partial charge < -0.3 is 10.1 Å². The molecule has 4 nitrogen and oxygen atoms in total. The minimum atomic E-state index is 0.0618. The Hall–Kier alpha value is -0.900. The molecule has 0 unspecified atom stereocenters. The Bertz CT molecular complexity index is 614. The van der Waals surface area contributed by atoms with Gasteiger partial charge in [0, 0.05) is 24.8 Å². The second kappa shape index (κ2) is 5.31. The van der Waals surface area contributed by atoms with E-state index in [2.05, 4.69) is 19.2 Å². The van der Waals surface area contributed by atoms with Crippen molar-refractivity contribution in [1.82, 2.24) is 5.32 Å². The number of amides is 1. The lowest BCUT2D eigenvalue weighted by Gasteiger charge is -2.59. The van der Waals surface area contributed by atoms with Crippen molar-refractivity contribution in [3.05, 3.63) is 0 Å². The van der Waals surface area contributed by atoms with Crippen molar-refractivity contribution in [3.8, 4) is 0 Å². The van der Waals surface area contributed by atoms with Crippen molar-refractivity contribution in [3.63, 3.8) is 0 Å². The Labute approximate surface area is 150 Å². The molecular formula is C21H31NO3. The molecule has 25 heavy (non-hydrogen) atoms. The van der Waals surface area contributed by atoms with Crippen molar-refractivity contribution < 1.29 is 14.3 Å². The van der Waals surface area contributed by atoms with Gasteiger partial charge >= 0.3 is 0 Å². The third kappa shape index (κ3) is 2.28. The van der Waals surface area contributed by atoms with E-state index in [-0.39, 0.29) is 28.7 Å². The van der Waals surface area contributed by atoms with Gasteiger partial charge in [-0.1, -0.05) is 13.8 Å². The van der Waals surface area contributed by atoms with E-state index in [1.54, 1.807) is 0 Å². The fourth-order valence-electron chi connectivity index (χ4n) is 6.99. The maximum atomic E-state index is 13.2. The lowest BCUT2D eigenvalue weighted by Crippen LogP contribution is -2.63.